The highest BCUT2D eigenvalue weighted by Crippen LogP contribution is 2.29. The van der Waals surface area contributed by atoms with Gasteiger partial charge in [0.1, 0.15) is 5.69 Å². The normalized spacial score (nSPS) is 12.7. The molecule has 3 N–H and O–H groups in total. The molecule has 0 saturated carbocycles. The molecule has 0 aliphatic heterocycles. The molecule has 0 radical (unpaired) electrons. The Morgan fingerprint density at radius 2 is 1.75 bits per heavy atom. The number of aromatic nitrogens is 3. The fourth-order valence-corrected chi connectivity index (χ4v) is 3.11. The monoisotopic (exact) mass is 346 g/mol. The Balaban J connectivity index is 2.29. The summed E-state index contributed by atoms with van der Waals surface area (Å²) >= 11 is 0. The summed E-state index contributed by atoms with van der Waals surface area (Å²) in [5.74, 6) is 0. The lowest BCUT2D eigenvalue weighted by atomic mass is 10.1. The van der Waals surface area contributed by atoms with E-state index < -0.39 is 10.0 Å². The molecule has 1 aromatic carbocycles. The molecule has 0 spiro atoms. The van der Waals surface area contributed by atoms with Crippen molar-refractivity contribution in [2.45, 2.75) is 31.2 Å². The molecule has 0 amide bonds. The second kappa shape index (κ2) is 5.29. The third-order valence-corrected chi connectivity index (χ3v) is 4.62. The van der Waals surface area contributed by atoms with Crippen LogP contribution < -0.4 is 10.7 Å². The zero-order chi connectivity index (χ0) is 17.7. The van der Waals surface area contributed by atoms with Gasteiger partial charge in [0.25, 0.3) is 5.56 Å². The van der Waals surface area contributed by atoms with E-state index in [1.54, 1.807) is 29.1 Å². The van der Waals surface area contributed by atoms with Gasteiger partial charge in [-0.25, -0.2) is 13.6 Å². The van der Waals surface area contributed by atoms with Crippen molar-refractivity contribution in [3.8, 4) is 11.3 Å². The molecule has 2 aromatic heterocycles. The lowest BCUT2D eigenvalue weighted by Gasteiger charge is -2.20. The number of nitrogens with two attached hydrogens (primary N) is 1. The highest BCUT2D eigenvalue weighted by Gasteiger charge is 2.22. The number of hydrogen-bond acceptors (Lipinski definition) is 4. The van der Waals surface area contributed by atoms with Crippen LogP contribution in [0, 0.1) is 0 Å². The van der Waals surface area contributed by atoms with Crippen LogP contribution in [0.4, 0.5) is 0 Å². The van der Waals surface area contributed by atoms with Crippen LogP contribution >= 0.6 is 0 Å². The Bertz CT molecular complexity index is 1070. The van der Waals surface area contributed by atoms with Gasteiger partial charge < -0.3 is 4.98 Å². The Hall–Kier alpha value is -2.45. The molecule has 126 valence electrons. The minimum atomic E-state index is -3.76. The highest BCUT2D eigenvalue weighted by atomic mass is 32.2. The van der Waals surface area contributed by atoms with Gasteiger partial charge >= 0.3 is 0 Å². The topological polar surface area (TPSA) is 111 Å². The molecule has 3 rings (SSSR count). The number of primary sulfonamides is 1. The van der Waals surface area contributed by atoms with Crippen LogP contribution in [0.5, 0.6) is 0 Å². The molecule has 0 saturated heterocycles. The first-order chi connectivity index (χ1) is 11.1. The number of benzene rings is 1. The number of fused-ring (bicyclic) bond motifs is 1. The van der Waals surface area contributed by atoms with E-state index in [1.807, 2.05) is 20.8 Å². The van der Waals surface area contributed by atoms with Crippen LogP contribution in [0.15, 0.2) is 46.2 Å². The number of pyridine rings is 1. The minimum Gasteiger partial charge on any atom is -0.328 e. The van der Waals surface area contributed by atoms with Crippen molar-refractivity contribution in [2.75, 3.05) is 0 Å². The van der Waals surface area contributed by atoms with E-state index >= 15 is 0 Å². The van der Waals surface area contributed by atoms with Crippen LogP contribution in [-0.2, 0) is 15.6 Å². The SMILES string of the molecule is CC(C)(C)n1nc(-c2ccc(S(N)(=O)=O)cc2)c2c(=O)[nH]ccc21. The number of nitrogens with zero attached hydrogens (tertiary/aromatic N) is 2. The van der Waals surface area contributed by atoms with E-state index in [1.165, 1.54) is 12.1 Å². The quantitative estimate of drug-likeness (QED) is 0.737. The van der Waals surface area contributed by atoms with Crippen LogP contribution in [0.1, 0.15) is 20.8 Å². The molecule has 0 atom stereocenters. The maximum Gasteiger partial charge on any atom is 0.259 e. The predicted molar refractivity (Wildman–Crippen MR) is 92.2 cm³/mol. The summed E-state index contributed by atoms with van der Waals surface area (Å²) in [6.07, 6.45) is 1.59. The van der Waals surface area contributed by atoms with Gasteiger partial charge in [-0.2, -0.15) is 5.10 Å². The molecule has 24 heavy (non-hydrogen) atoms. The van der Waals surface area contributed by atoms with Crippen molar-refractivity contribution in [3.05, 3.63) is 46.9 Å². The van der Waals surface area contributed by atoms with Gasteiger partial charge in [0.2, 0.25) is 10.0 Å². The van der Waals surface area contributed by atoms with Crippen molar-refractivity contribution in [1.82, 2.24) is 14.8 Å². The second-order valence-corrected chi connectivity index (χ2v) is 8.13. The van der Waals surface area contributed by atoms with Crippen LogP contribution in [0.3, 0.4) is 0 Å². The molecular formula is C16H18N4O3S. The number of hydrogen-bond donors (Lipinski definition) is 2. The molecule has 7 nitrogen and oxygen atoms in total. The van der Waals surface area contributed by atoms with Gasteiger partial charge in [-0.15, -0.1) is 0 Å². The number of H-pyrrole nitrogens is 1. The number of aromatic amines is 1. The van der Waals surface area contributed by atoms with Gasteiger partial charge in [-0.3, -0.25) is 9.48 Å². The molecule has 2 heterocycles. The first kappa shape index (κ1) is 16.4. The summed E-state index contributed by atoms with van der Waals surface area (Å²) in [5.41, 5.74) is 1.31. The van der Waals surface area contributed by atoms with Gasteiger partial charge in [0.15, 0.2) is 0 Å². The molecule has 3 aromatic rings. The van der Waals surface area contributed by atoms with Crippen LogP contribution in [-0.4, -0.2) is 23.2 Å². The second-order valence-electron chi connectivity index (χ2n) is 6.57. The van der Waals surface area contributed by atoms with E-state index in [0.29, 0.717) is 16.6 Å². The Kier molecular flexibility index (Phi) is 3.61. The average Bonchev–Trinajstić information content (AvgIpc) is 2.87. The lowest BCUT2D eigenvalue weighted by molar-refractivity contribution is 0.369. The average molecular weight is 346 g/mol. The summed E-state index contributed by atoms with van der Waals surface area (Å²) < 4.78 is 24.6. The molecular weight excluding hydrogens is 328 g/mol. The first-order valence-electron chi connectivity index (χ1n) is 7.33. The van der Waals surface area contributed by atoms with E-state index in [2.05, 4.69) is 10.1 Å². The summed E-state index contributed by atoms with van der Waals surface area (Å²) in [7, 11) is -3.76. The summed E-state index contributed by atoms with van der Waals surface area (Å²) in [6.45, 7) is 5.98. The summed E-state index contributed by atoms with van der Waals surface area (Å²) in [5, 5.41) is 10.2. The Labute approximate surface area is 139 Å². The number of nitrogens with one attached hydrogen (secondary N) is 1. The van der Waals surface area contributed by atoms with Crippen molar-refractivity contribution >= 4 is 20.9 Å². The van der Waals surface area contributed by atoms with Crippen LogP contribution in [0.25, 0.3) is 22.2 Å². The standard InChI is InChI=1S/C16H18N4O3S/c1-16(2,3)20-12-8-9-18-15(21)13(12)14(19-20)10-4-6-11(7-5-10)24(17,22)23/h4-9H,1-3H3,(H,18,21)(H2,17,22,23). The van der Waals surface area contributed by atoms with E-state index in [4.69, 9.17) is 5.14 Å². The van der Waals surface area contributed by atoms with E-state index in [9.17, 15) is 13.2 Å². The zero-order valence-corrected chi connectivity index (χ0v) is 14.4. The fourth-order valence-electron chi connectivity index (χ4n) is 2.59. The Morgan fingerprint density at radius 1 is 1.12 bits per heavy atom. The summed E-state index contributed by atoms with van der Waals surface area (Å²) in [4.78, 5) is 15.0. The zero-order valence-electron chi connectivity index (χ0n) is 13.6. The van der Waals surface area contributed by atoms with E-state index in [0.717, 1.165) is 5.52 Å². The Morgan fingerprint density at radius 3 is 2.29 bits per heavy atom. The molecule has 0 fully saturated rings. The lowest BCUT2D eigenvalue weighted by Crippen LogP contribution is -2.23. The first-order valence-corrected chi connectivity index (χ1v) is 8.88. The summed E-state index contributed by atoms with van der Waals surface area (Å²) in [6, 6.07) is 7.81. The third kappa shape index (κ3) is 2.74. The molecule has 0 unspecified atom stereocenters. The van der Waals surface area contributed by atoms with Crippen molar-refractivity contribution in [3.63, 3.8) is 0 Å². The molecule has 0 aliphatic rings. The predicted octanol–water partition coefficient (Wildman–Crippen LogP) is 1.79. The van der Waals surface area contributed by atoms with Gasteiger partial charge in [-0.05, 0) is 39.0 Å². The van der Waals surface area contributed by atoms with Crippen molar-refractivity contribution < 1.29 is 8.42 Å². The number of sulfonamides is 1. The maximum atomic E-state index is 12.3. The molecule has 8 heteroatoms. The largest absolute Gasteiger partial charge is 0.328 e. The highest BCUT2D eigenvalue weighted by molar-refractivity contribution is 7.89. The minimum absolute atomic E-state index is 0.0136. The van der Waals surface area contributed by atoms with Crippen LogP contribution in [0.2, 0.25) is 0 Å². The molecule has 0 bridgehead atoms. The maximum absolute atomic E-state index is 12.3. The van der Waals surface area contributed by atoms with Gasteiger partial charge in [-0.1, -0.05) is 12.1 Å². The smallest absolute Gasteiger partial charge is 0.259 e. The molecule has 0 aliphatic carbocycles. The van der Waals surface area contributed by atoms with Gasteiger partial charge in [0, 0.05) is 11.8 Å². The fraction of sp³-hybridized carbons (Fsp3) is 0.250. The van der Waals surface area contributed by atoms with E-state index in [-0.39, 0.29) is 16.0 Å². The third-order valence-electron chi connectivity index (χ3n) is 3.70. The number of rotatable bonds is 2. The van der Waals surface area contributed by atoms with Gasteiger partial charge in [0.05, 0.1) is 21.3 Å². The van der Waals surface area contributed by atoms with Crippen molar-refractivity contribution in [1.29, 1.82) is 0 Å². The van der Waals surface area contributed by atoms with Crippen molar-refractivity contribution in [2.24, 2.45) is 5.14 Å².